The number of thiophene rings is 1. The lowest BCUT2D eigenvalue weighted by Crippen LogP contribution is -2.32. The highest BCUT2D eigenvalue weighted by Crippen LogP contribution is 2.34. The molecule has 4 aromatic rings. The highest BCUT2D eigenvalue weighted by Gasteiger charge is 2.26. The van der Waals surface area contributed by atoms with Crippen LogP contribution in [0.3, 0.4) is 0 Å². The zero-order valence-electron chi connectivity index (χ0n) is 18.0. The van der Waals surface area contributed by atoms with E-state index in [2.05, 4.69) is 44.6 Å². The Bertz CT molecular complexity index is 1220. The fourth-order valence-electron chi connectivity index (χ4n) is 4.28. The molecule has 168 valence electrons. The number of anilines is 1. The lowest BCUT2D eigenvalue weighted by atomic mass is 9.90. The monoisotopic (exact) mass is 461 g/mol. The van der Waals surface area contributed by atoms with Gasteiger partial charge in [0.2, 0.25) is 0 Å². The lowest BCUT2D eigenvalue weighted by Gasteiger charge is -2.32. The molecule has 1 saturated heterocycles. The van der Waals surface area contributed by atoms with Gasteiger partial charge in [-0.05, 0) is 54.9 Å². The van der Waals surface area contributed by atoms with Gasteiger partial charge < -0.3 is 5.32 Å². The maximum absolute atomic E-state index is 14.4. The number of nitrogens with zero attached hydrogens (tertiary/aromatic N) is 4. The molecule has 1 aliphatic heterocycles. The maximum atomic E-state index is 14.4. The zero-order chi connectivity index (χ0) is 22.6. The average Bonchev–Trinajstić information content (AvgIpc) is 3.51. The van der Waals surface area contributed by atoms with Crippen LogP contribution in [-0.2, 0) is 6.54 Å². The van der Waals surface area contributed by atoms with Crippen LogP contribution >= 0.6 is 11.3 Å². The van der Waals surface area contributed by atoms with Crippen LogP contribution in [0.2, 0.25) is 0 Å². The number of benzene rings is 1. The number of hydrogen-bond acceptors (Lipinski definition) is 5. The number of halogens is 1. The van der Waals surface area contributed by atoms with Crippen molar-refractivity contribution in [3.63, 3.8) is 0 Å². The minimum atomic E-state index is -0.458. The van der Waals surface area contributed by atoms with Crippen molar-refractivity contribution in [3.05, 3.63) is 94.3 Å². The number of amides is 1. The summed E-state index contributed by atoms with van der Waals surface area (Å²) < 4.78 is 15.9. The molecule has 1 aromatic carbocycles. The SMILES string of the molecule is O=C(Nc1nn(-c2ccncc2F)cc1C1CCN(Cc2ccccc2)CC1)c1cccs1. The van der Waals surface area contributed by atoms with Crippen molar-refractivity contribution in [2.75, 3.05) is 18.4 Å². The van der Waals surface area contributed by atoms with Crippen LogP contribution in [0, 0.1) is 5.82 Å². The largest absolute Gasteiger partial charge is 0.304 e. The molecule has 0 radical (unpaired) electrons. The summed E-state index contributed by atoms with van der Waals surface area (Å²) in [5.41, 5.74) is 2.56. The maximum Gasteiger partial charge on any atom is 0.266 e. The third kappa shape index (κ3) is 4.86. The number of nitrogens with one attached hydrogen (secondary N) is 1. The van der Waals surface area contributed by atoms with Gasteiger partial charge in [0.05, 0.1) is 11.1 Å². The summed E-state index contributed by atoms with van der Waals surface area (Å²) in [7, 11) is 0. The number of likely N-dealkylation sites (tertiary alicyclic amines) is 1. The molecule has 0 bridgehead atoms. The van der Waals surface area contributed by atoms with Gasteiger partial charge in [0.25, 0.3) is 5.91 Å². The Kier molecular flexibility index (Phi) is 6.28. The summed E-state index contributed by atoms with van der Waals surface area (Å²) in [5, 5.41) is 9.38. The Labute approximate surface area is 195 Å². The minimum Gasteiger partial charge on any atom is -0.304 e. The van der Waals surface area contributed by atoms with Gasteiger partial charge >= 0.3 is 0 Å². The third-order valence-corrected chi connectivity index (χ3v) is 6.86. The molecule has 0 saturated carbocycles. The normalized spacial score (nSPS) is 14.9. The number of piperidine rings is 1. The van der Waals surface area contributed by atoms with E-state index >= 15 is 0 Å². The molecule has 1 fully saturated rings. The average molecular weight is 462 g/mol. The highest BCUT2D eigenvalue weighted by molar-refractivity contribution is 7.12. The van der Waals surface area contributed by atoms with Crippen LogP contribution in [-0.4, -0.2) is 38.7 Å². The Morgan fingerprint density at radius 2 is 1.94 bits per heavy atom. The number of hydrogen-bond donors (Lipinski definition) is 1. The van der Waals surface area contributed by atoms with Gasteiger partial charge in [-0.25, -0.2) is 9.07 Å². The molecule has 0 unspecified atom stereocenters. The first-order valence-electron chi connectivity index (χ1n) is 11.0. The summed E-state index contributed by atoms with van der Waals surface area (Å²) in [6.07, 6.45) is 6.44. The van der Waals surface area contributed by atoms with Gasteiger partial charge in [0.1, 0.15) is 5.69 Å². The minimum absolute atomic E-state index is 0.201. The molecule has 0 spiro atoms. The van der Waals surface area contributed by atoms with Crippen LogP contribution in [0.4, 0.5) is 10.2 Å². The van der Waals surface area contributed by atoms with Crippen molar-refractivity contribution in [2.24, 2.45) is 0 Å². The summed E-state index contributed by atoms with van der Waals surface area (Å²) in [5.74, 6) is 0.0639. The molecular formula is C25H24FN5OS. The van der Waals surface area contributed by atoms with E-state index in [4.69, 9.17) is 0 Å². The van der Waals surface area contributed by atoms with Crippen molar-refractivity contribution < 1.29 is 9.18 Å². The van der Waals surface area contributed by atoms with Crippen molar-refractivity contribution in [1.29, 1.82) is 0 Å². The van der Waals surface area contributed by atoms with Crippen LogP contribution in [0.1, 0.15) is 39.6 Å². The van der Waals surface area contributed by atoms with Gasteiger partial charge in [-0.2, -0.15) is 0 Å². The quantitative estimate of drug-likeness (QED) is 0.434. The predicted molar refractivity (Wildman–Crippen MR) is 127 cm³/mol. The van der Waals surface area contributed by atoms with Crippen LogP contribution < -0.4 is 5.32 Å². The Morgan fingerprint density at radius 3 is 2.67 bits per heavy atom. The molecule has 3 aromatic heterocycles. The second-order valence-electron chi connectivity index (χ2n) is 8.17. The molecule has 1 amide bonds. The molecule has 5 rings (SSSR count). The van der Waals surface area contributed by atoms with E-state index in [1.165, 1.54) is 34.0 Å². The van der Waals surface area contributed by atoms with E-state index in [1.807, 2.05) is 23.7 Å². The van der Waals surface area contributed by atoms with E-state index < -0.39 is 5.82 Å². The van der Waals surface area contributed by atoms with Crippen LogP contribution in [0.25, 0.3) is 5.69 Å². The number of pyridine rings is 1. The third-order valence-electron chi connectivity index (χ3n) is 5.99. The summed E-state index contributed by atoms with van der Waals surface area (Å²) in [6, 6.07) is 15.7. The van der Waals surface area contributed by atoms with Crippen molar-refractivity contribution in [2.45, 2.75) is 25.3 Å². The predicted octanol–water partition coefficient (Wildman–Crippen LogP) is 5.10. The van der Waals surface area contributed by atoms with Crippen molar-refractivity contribution >= 4 is 23.1 Å². The van der Waals surface area contributed by atoms with E-state index in [-0.39, 0.29) is 11.8 Å². The molecule has 6 nitrogen and oxygen atoms in total. The van der Waals surface area contributed by atoms with Crippen LogP contribution in [0.15, 0.2) is 72.5 Å². The molecule has 8 heteroatoms. The fourth-order valence-corrected chi connectivity index (χ4v) is 4.90. The summed E-state index contributed by atoms with van der Waals surface area (Å²) in [4.78, 5) is 19.6. The van der Waals surface area contributed by atoms with Gasteiger partial charge in [0, 0.05) is 24.5 Å². The van der Waals surface area contributed by atoms with Crippen molar-refractivity contribution in [1.82, 2.24) is 19.7 Å². The van der Waals surface area contributed by atoms with Gasteiger partial charge in [0.15, 0.2) is 11.6 Å². The van der Waals surface area contributed by atoms with Gasteiger partial charge in [-0.1, -0.05) is 36.4 Å². The fraction of sp³-hybridized carbons (Fsp3) is 0.240. The number of carbonyl (C=O) groups is 1. The van der Waals surface area contributed by atoms with Crippen LogP contribution in [0.5, 0.6) is 0 Å². The molecule has 1 N–H and O–H groups in total. The molecular weight excluding hydrogens is 437 g/mol. The molecule has 4 heterocycles. The highest BCUT2D eigenvalue weighted by atomic mass is 32.1. The molecule has 1 aliphatic rings. The second kappa shape index (κ2) is 9.64. The first kappa shape index (κ1) is 21.5. The first-order valence-corrected chi connectivity index (χ1v) is 11.9. The molecule has 0 aliphatic carbocycles. The van der Waals surface area contributed by atoms with Gasteiger partial charge in [-0.15, -0.1) is 16.4 Å². The first-order chi connectivity index (χ1) is 16.2. The van der Waals surface area contributed by atoms with E-state index in [0.29, 0.717) is 16.4 Å². The van der Waals surface area contributed by atoms with E-state index in [0.717, 1.165) is 38.0 Å². The lowest BCUT2D eigenvalue weighted by molar-refractivity contribution is 0.103. The standard InChI is InChI=1S/C25H24FN5OS/c26-21-15-27-11-8-22(21)31-17-20(24(29-31)28-25(32)23-7-4-14-33-23)19-9-12-30(13-10-19)16-18-5-2-1-3-6-18/h1-8,11,14-15,17,19H,9-10,12-13,16H2,(H,28,29,32). The van der Waals surface area contributed by atoms with E-state index in [9.17, 15) is 9.18 Å². The Morgan fingerprint density at radius 1 is 1.12 bits per heavy atom. The second-order valence-corrected chi connectivity index (χ2v) is 9.12. The number of rotatable bonds is 6. The molecule has 33 heavy (non-hydrogen) atoms. The molecule has 0 atom stereocenters. The Balaban J connectivity index is 1.37. The van der Waals surface area contributed by atoms with Crippen molar-refractivity contribution in [3.8, 4) is 5.69 Å². The number of aromatic nitrogens is 3. The summed E-state index contributed by atoms with van der Waals surface area (Å²) >= 11 is 1.38. The topological polar surface area (TPSA) is 63.1 Å². The number of carbonyl (C=O) groups excluding carboxylic acids is 1. The zero-order valence-corrected chi connectivity index (χ0v) is 18.8. The Hall–Kier alpha value is -3.36. The summed E-state index contributed by atoms with van der Waals surface area (Å²) in [6.45, 7) is 2.83. The van der Waals surface area contributed by atoms with E-state index in [1.54, 1.807) is 12.1 Å². The smallest absolute Gasteiger partial charge is 0.266 e. The van der Waals surface area contributed by atoms with Gasteiger partial charge in [-0.3, -0.25) is 14.7 Å².